The molecule has 18 atom stereocenters. The molecule has 18 heteroatoms. The summed E-state index contributed by atoms with van der Waals surface area (Å²) in [6.45, 7) is 5.15. The maximum absolute atomic E-state index is 13.8. The highest BCUT2D eigenvalue weighted by molar-refractivity contribution is 5.81. The van der Waals surface area contributed by atoms with Gasteiger partial charge in [-0.25, -0.2) is 0 Å². The minimum absolute atomic E-state index is 0.0491. The third-order valence-electron chi connectivity index (χ3n) is 15.5. The number of amides is 3. The Morgan fingerprint density at radius 1 is 0.700 bits per heavy atom. The van der Waals surface area contributed by atoms with Gasteiger partial charge in [-0.2, -0.15) is 0 Å². The highest BCUT2D eigenvalue weighted by Crippen LogP contribution is 2.68. The van der Waals surface area contributed by atoms with Crippen LogP contribution < -0.4 is 10.6 Å². The first-order valence-corrected chi connectivity index (χ1v) is 22.1. The van der Waals surface area contributed by atoms with Crippen LogP contribution in [-0.4, -0.2) is 184 Å². The summed E-state index contributed by atoms with van der Waals surface area (Å²) in [6, 6.07) is 0. The monoisotopic (exact) mass is 862 g/mol. The lowest BCUT2D eigenvalue weighted by Gasteiger charge is -2.62. The second-order valence-corrected chi connectivity index (χ2v) is 18.9. The van der Waals surface area contributed by atoms with E-state index < -0.39 is 80.0 Å². The Morgan fingerprint density at radius 2 is 1.23 bits per heavy atom. The zero-order chi connectivity index (χ0) is 44.7. The molecule has 4 fully saturated rings. The van der Waals surface area contributed by atoms with E-state index in [4.69, 9.17) is 10.2 Å². The Labute approximate surface area is 353 Å². The van der Waals surface area contributed by atoms with Crippen molar-refractivity contribution in [2.24, 2.45) is 46.3 Å². The van der Waals surface area contributed by atoms with Gasteiger partial charge in [0.25, 0.3) is 11.8 Å². The van der Waals surface area contributed by atoms with E-state index in [0.717, 1.165) is 51.4 Å². The van der Waals surface area contributed by atoms with Crippen LogP contribution in [0.5, 0.6) is 0 Å². The molecule has 0 aromatic carbocycles. The molecule has 4 aliphatic carbocycles. The summed E-state index contributed by atoms with van der Waals surface area (Å²) < 4.78 is 0. The van der Waals surface area contributed by atoms with Gasteiger partial charge >= 0.3 is 0 Å². The third kappa shape index (κ3) is 11.2. The molecule has 0 aliphatic heterocycles. The number of nitrogens with one attached hydrogen (secondary N) is 2. The summed E-state index contributed by atoms with van der Waals surface area (Å²) in [6.07, 6.45) is -7.85. The van der Waals surface area contributed by atoms with Gasteiger partial charge in [-0.3, -0.25) is 14.4 Å². The molecule has 18 nitrogen and oxygen atoms in total. The first-order chi connectivity index (χ1) is 28.2. The lowest BCUT2D eigenvalue weighted by Crippen LogP contribution is -2.58. The molecule has 0 heterocycles. The molecule has 0 saturated heterocycles. The zero-order valence-electron chi connectivity index (χ0n) is 35.5. The number of aliphatic hydroxyl groups excluding tert-OH is 12. The van der Waals surface area contributed by atoms with Crippen molar-refractivity contribution in [3.63, 3.8) is 0 Å². The maximum atomic E-state index is 13.8. The molecule has 14 N–H and O–H groups in total. The number of nitrogens with zero attached hydrogens (tertiary/aromatic N) is 1. The first kappa shape index (κ1) is 50.6. The van der Waals surface area contributed by atoms with E-state index in [2.05, 4.69) is 31.4 Å². The minimum Gasteiger partial charge on any atom is -0.394 e. The summed E-state index contributed by atoms with van der Waals surface area (Å²) in [7, 11) is 0. The maximum Gasteiger partial charge on any atom is 0.251 e. The van der Waals surface area contributed by atoms with Crippen molar-refractivity contribution in [1.29, 1.82) is 0 Å². The SMILES string of the molecule is C[C@H](CCC(=O)N(CCCNC(=O)[C@@H](O)[C@@H](O)[C@H](O)[C@H](O)CO)CCCNC(=O)[C@@H](O)[C@@H](O)[C@H](O)[C@H](O)CO)[C@@H]1CC[C@H]2[C@@H]3CC[C@H]4C[C@@H](O)CC[C@]4(C)[C@H]3C[C@@H](O)[C@@]21C. The average molecular weight is 862 g/mol. The number of aliphatic hydroxyl groups is 12. The fraction of sp³-hybridized carbons (Fsp3) is 0.929. The van der Waals surface area contributed by atoms with Gasteiger partial charge in [0.15, 0.2) is 12.2 Å². The van der Waals surface area contributed by atoms with Gasteiger partial charge < -0.3 is 76.8 Å². The first-order valence-electron chi connectivity index (χ1n) is 22.1. The quantitative estimate of drug-likeness (QED) is 0.0486. The van der Waals surface area contributed by atoms with Crippen molar-refractivity contribution in [3.05, 3.63) is 0 Å². The molecule has 348 valence electrons. The van der Waals surface area contributed by atoms with E-state index >= 15 is 0 Å². The van der Waals surface area contributed by atoms with Gasteiger partial charge in [0.05, 0.1) is 25.4 Å². The molecule has 0 aromatic rings. The molecule has 4 aliphatic rings. The predicted molar refractivity (Wildman–Crippen MR) is 215 cm³/mol. The lowest BCUT2D eigenvalue weighted by molar-refractivity contribution is -0.175. The van der Waals surface area contributed by atoms with Crippen LogP contribution in [0.3, 0.4) is 0 Å². The van der Waals surface area contributed by atoms with Gasteiger partial charge in [-0.05, 0) is 117 Å². The van der Waals surface area contributed by atoms with Crippen LogP contribution in [0.2, 0.25) is 0 Å². The Bertz CT molecular complexity index is 1350. The van der Waals surface area contributed by atoms with E-state index in [9.17, 15) is 65.4 Å². The fourth-order valence-corrected chi connectivity index (χ4v) is 11.8. The fourth-order valence-electron chi connectivity index (χ4n) is 11.8. The van der Waals surface area contributed by atoms with Crippen LogP contribution >= 0.6 is 0 Å². The molecule has 0 spiro atoms. The van der Waals surface area contributed by atoms with E-state index in [1.54, 1.807) is 4.90 Å². The van der Waals surface area contributed by atoms with Gasteiger partial charge in [-0.15, -0.1) is 0 Å². The second-order valence-electron chi connectivity index (χ2n) is 18.9. The van der Waals surface area contributed by atoms with Gasteiger partial charge in [0.2, 0.25) is 5.91 Å². The molecule has 4 rings (SSSR count). The van der Waals surface area contributed by atoms with Gasteiger partial charge in [0.1, 0.15) is 36.6 Å². The van der Waals surface area contributed by atoms with Crippen LogP contribution in [0.25, 0.3) is 0 Å². The van der Waals surface area contributed by atoms with E-state index in [-0.39, 0.29) is 80.1 Å². The topological polar surface area (TPSA) is 321 Å². The van der Waals surface area contributed by atoms with Crippen molar-refractivity contribution in [3.8, 4) is 0 Å². The zero-order valence-corrected chi connectivity index (χ0v) is 35.5. The highest BCUT2D eigenvalue weighted by Gasteiger charge is 2.63. The van der Waals surface area contributed by atoms with Crippen molar-refractivity contribution in [2.45, 2.75) is 159 Å². The number of rotatable bonds is 22. The molecule has 3 amide bonds. The van der Waals surface area contributed by atoms with Crippen molar-refractivity contribution >= 4 is 17.7 Å². The molecule has 0 aromatic heterocycles. The Kier molecular flexibility index (Phi) is 18.6. The highest BCUT2D eigenvalue weighted by atomic mass is 16.4. The molecule has 60 heavy (non-hydrogen) atoms. The second kappa shape index (κ2) is 22.0. The Balaban J connectivity index is 1.35. The Hall–Kier alpha value is -2.07. The lowest BCUT2D eigenvalue weighted by atomic mass is 9.43. The number of hydrogen-bond acceptors (Lipinski definition) is 15. The average Bonchev–Trinajstić information content (AvgIpc) is 3.61. The minimum atomic E-state index is -2.11. The van der Waals surface area contributed by atoms with E-state index in [0.29, 0.717) is 30.1 Å². The normalized spacial score (nSPS) is 34.6. The number of carbonyl (C=O) groups is 3. The van der Waals surface area contributed by atoms with Crippen molar-refractivity contribution < 1.29 is 75.7 Å². The molecule has 0 unspecified atom stereocenters. The smallest absolute Gasteiger partial charge is 0.251 e. The van der Waals surface area contributed by atoms with E-state index in [1.807, 2.05) is 0 Å². The summed E-state index contributed by atoms with van der Waals surface area (Å²) in [5.41, 5.74) is -0.164. The van der Waals surface area contributed by atoms with Gasteiger partial charge in [-0.1, -0.05) is 20.8 Å². The summed E-state index contributed by atoms with van der Waals surface area (Å²) in [5, 5.41) is 124. The largest absolute Gasteiger partial charge is 0.394 e. The third-order valence-corrected chi connectivity index (χ3v) is 15.5. The standard InChI is InChI=1S/C42H75N3O15/c1-22(26-9-10-27-25-8-7-23-18-24(48)12-13-41(23,2)28(25)19-31(51)42(26,27)3)6-11-32(52)45(16-4-14-43-39(59)37(57)35(55)33(53)29(49)20-46)17-5-15-44-40(60)38(58)36(56)34(54)30(50)21-47/h22-31,33-38,46-51,53-58H,4-21H2,1-3H3,(H,43,59)(H,44,60)/t22-,23+,24+,25+,26+,27+,28+,29-,30-,31-,33-,34-,35+,36+,37+,38+,41+,42-/m1/s1. The predicted octanol–water partition coefficient (Wildman–Crippen LogP) is -2.89. The van der Waals surface area contributed by atoms with Crippen LogP contribution in [0.1, 0.15) is 97.8 Å². The molecule has 4 saturated carbocycles. The van der Waals surface area contributed by atoms with Crippen LogP contribution in [-0.2, 0) is 14.4 Å². The molecular formula is C42H75N3O15. The number of hydrogen-bond donors (Lipinski definition) is 14. The van der Waals surface area contributed by atoms with Crippen LogP contribution in [0.4, 0.5) is 0 Å². The molecule has 0 radical (unpaired) electrons. The van der Waals surface area contributed by atoms with Gasteiger partial charge in [0, 0.05) is 32.6 Å². The summed E-state index contributed by atoms with van der Waals surface area (Å²) in [4.78, 5) is 40.3. The van der Waals surface area contributed by atoms with Crippen molar-refractivity contribution in [2.75, 3.05) is 39.4 Å². The number of fused-ring (bicyclic) bond motifs is 5. The molecular weight excluding hydrogens is 786 g/mol. The molecule has 0 bridgehead atoms. The van der Waals surface area contributed by atoms with Crippen LogP contribution in [0.15, 0.2) is 0 Å². The summed E-state index contributed by atoms with van der Waals surface area (Å²) in [5.74, 6) is -0.145. The summed E-state index contributed by atoms with van der Waals surface area (Å²) >= 11 is 0. The Morgan fingerprint density at radius 3 is 1.75 bits per heavy atom. The van der Waals surface area contributed by atoms with E-state index in [1.165, 1.54) is 0 Å². The van der Waals surface area contributed by atoms with Crippen molar-refractivity contribution in [1.82, 2.24) is 15.5 Å². The van der Waals surface area contributed by atoms with Crippen LogP contribution in [0, 0.1) is 46.3 Å². The number of carbonyl (C=O) groups excluding carboxylic acids is 3.